The minimum Gasteiger partial charge on any atom is -0.358 e. The molecule has 2 atom stereocenters. The maximum atomic E-state index is 5.83. The maximum Gasteiger partial charge on any atom is 0.128 e. The van der Waals surface area contributed by atoms with Gasteiger partial charge >= 0.3 is 0 Å². The Morgan fingerprint density at radius 3 is 2.83 bits per heavy atom. The van der Waals surface area contributed by atoms with Gasteiger partial charge in [-0.25, -0.2) is 4.98 Å². The van der Waals surface area contributed by atoms with Gasteiger partial charge in [-0.3, -0.25) is 0 Å². The zero-order chi connectivity index (χ0) is 13.1. The zero-order valence-electron chi connectivity index (χ0n) is 11.6. The molecule has 100 valence electrons. The van der Waals surface area contributed by atoms with E-state index in [1.807, 2.05) is 13.1 Å². The van der Waals surface area contributed by atoms with E-state index < -0.39 is 0 Å². The summed E-state index contributed by atoms with van der Waals surface area (Å²) in [6.07, 6.45) is 4.49. The summed E-state index contributed by atoms with van der Waals surface area (Å²) in [5.41, 5.74) is 6.92. The number of likely N-dealkylation sites (N-methyl/N-ethyl adjacent to an activating group) is 2. The Morgan fingerprint density at radius 2 is 2.33 bits per heavy atom. The van der Waals surface area contributed by atoms with Gasteiger partial charge in [0, 0.05) is 31.9 Å². The predicted octanol–water partition coefficient (Wildman–Crippen LogP) is 1.63. The molecule has 2 N–H and O–H groups in total. The average molecular weight is 248 g/mol. The molecule has 2 heterocycles. The second kappa shape index (κ2) is 5.67. The second-order valence-electron chi connectivity index (χ2n) is 5.40. The number of likely N-dealkylation sites (tertiary alicyclic amines) is 1. The van der Waals surface area contributed by atoms with Crippen molar-refractivity contribution < 1.29 is 0 Å². The first-order valence-electron chi connectivity index (χ1n) is 6.71. The van der Waals surface area contributed by atoms with Crippen LogP contribution < -0.4 is 10.6 Å². The van der Waals surface area contributed by atoms with Crippen molar-refractivity contribution in [1.29, 1.82) is 0 Å². The van der Waals surface area contributed by atoms with Gasteiger partial charge < -0.3 is 15.5 Å². The number of aromatic nitrogens is 1. The number of hydrogen-bond donors (Lipinski definition) is 1. The van der Waals surface area contributed by atoms with E-state index in [4.69, 9.17) is 5.73 Å². The molecule has 0 aliphatic carbocycles. The van der Waals surface area contributed by atoms with E-state index in [9.17, 15) is 0 Å². The maximum absolute atomic E-state index is 5.83. The van der Waals surface area contributed by atoms with E-state index in [2.05, 4.69) is 41.0 Å². The summed E-state index contributed by atoms with van der Waals surface area (Å²) in [5, 5.41) is 0. The molecular formula is C14H24N4. The number of nitrogens with two attached hydrogens (primary N) is 1. The van der Waals surface area contributed by atoms with Crippen molar-refractivity contribution in [3.8, 4) is 0 Å². The van der Waals surface area contributed by atoms with Gasteiger partial charge in [0.25, 0.3) is 0 Å². The summed E-state index contributed by atoms with van der Waals surface area (Å²) in [5.74, 6) is 1.03. The van der Waals surface area contributed by atoms with Gasteiger partial charge in [0.05, 0.1) is 0 Å². The molecule has 2 unspecified atom stereocenters. The molecule has 1 aliphatic heterocycles. The highest BCUT2D eigenvalue weighted by atomic mass is 15.2. The number of nitrogens with zero attached hydrogens (tertiary/aromatic N) is 3. The van der Waals surface area contributed by atoms with Crippen LogP contribution in [0.25, 0.3) is 0 Å². The summed E-state index contributed by atoms with van der Waals surface area (Å²) in [7, 11) is 4.32. The first-order valence-corrected chi connectivity index (χ1v) is 6.71. The topological polar surface area (TPSA) is 45.4 Å². The summed E-state index contributed by atoms with van der Waals surface area (Å²) < 4.78 is 0. The van der Waals surface area contributed by atoms with Gasteiger partial charge in [-0.1, -0.05) is 6.07 Å². The fourth-order valence-electron chi connectivity index (χ4n) is 2.51. The van der Waals surface area contributed by atoms with Gasteiger partial charge in [0.2, 0.25) is 0 Å². The van der Waals surface area contributed by atoms with Crippen LogP contribution in [0.1, 0.15) is 31.4 Å². The molecule has 4 heteroatoms. The van der Waals surface area contributed by atoms with Crippen molar-refractivity contribution in [3.05, 3.63) is 23.9 Å². The van der Waals surface area contributed by atoms with Crippen LogP contribution in [-0.2, 0) is 0 Å². The Bertz CT molecular complexity index is 374. The van der Waals surface area contributed by atoms with Crippen molar-refractivity contribution in [2.45, 2.75) is 31.8 Å². The van der Waals surface area contributed by atoms with Gasteiger partial charge in [0.15, 0.2) is 0 Å². The summed E-state index contributed by atoms with van der Waals surface area (Å²) >= 11 is 0. The highest BCUT2D eigenvalue weighted by Crippen LogP contribution is 2.19. The smallest absolute Gasteiger partial charge is 0.128 e. The fraction of sp³-hybridized carbons (Fsp3) is 0.643. The minimum absolute atomic E-state index is 0.0535. The van der Waals surface area contributed by atoms with Gasteiger partial charge in [-0.15, -0.1) is 0 Å². The summed E-state index contributed by atoms with van der Waals surface area (Å²) in [6.45, 7) is 4.24. The van der Waals surface area contributed by atoms with E-state index >= 15 is 0 Å². The molecule has 0 spiro atoms. The predicted molar refractivity (Wildman–Crippen MR) is 75.8 cm³/mol. The first kappa shape index (κ1) is 13.3. The van der Waals surface area contributed by atoms with E-state index in [1.54, 1.807) is 0 Å². The molecule has 0 aromatic carbocycles. The average Bonchev–Trinajstić information content (AvgIpc) is 2.75. The molecule has 0 bridgehead atoms. The van der Waals surface area contributed by atoms with Crippen LogP contribution in [0.4, 0.5) is 5.82 Å². The Balaban J connectivity index is 1.98. The Labute approximate surface area is 110 Å². The minimum atomic E-state index is 0.0535. The molecule has 0 radical (unpaired) electrons. The van der Waals surface area contributed by atoms with E-state index in [0.717, 1.165) is 17.9 Å². The molecule has 18 heavy (non-hydrogen) atoms. The van der Waals surface area contributed by atoms with Crippen LogP contribution in [0.5, 0.6) is 0 Å². The number of pyridine rings is 1. The van der Waals surface area contributed by atoms with Crippen molar-refractivity contribution in [3.63, 3.8) is 0 Å². The lowest BCUT2D eigenvalue weighted by atomic mass is 10.1. The molecule has 4 nitrogen and oxygen atoms in total. The first-order chi connectivity index (χ1) is 8.58. The van der Waals surface area contributed by atoms with Crippen LogP contribution in [0.2, 0.25) is 0 Å². The van der Waals surface area contributed by atoms with Gasteiger partial charge in [-0.2, -0.15) is 0 Å². The summed E-state index contributed by atoms with van der Waals surface area (Å²) in [4.78, 5) is 9.17. The SMILES string of the molecule is CC(N)c1ccc(N(C)CC2CCCN2C)nc1. The lowest BCUT2D eigenvalue weighted by Gasteiger charge is -2.26. The fourth-order valence-corrected chi connectivity index (χ4v) is 2.51. The molecule has 1 aromatic heterocycles. The molecule has 1 aromatic rings. The molecule has 1 saturated heterocycles. The van der Waals surface area contributed by atoms with Crippen LogP contribution in [0.3, 0.4) is 0 Å². The lowest BCUT2D eigenvalue weighted by molar-refractivity contribution is 0.314. The van der Waals surface area contributed by atoms with Gasteiger partial charge in [-0.05, 0) is 45.0 Å². The molecule has 0 saturated carbocycles. The third-order valence-electron chi connectivity index (χ3n) is 3.84. The molecule has 1 fully saturated rings. The largest absolute Gasteiger partial charge is 0.358 e. The van der Waals surface area contributed by atoms with E-state index in [-0.39, 0.29) is 6.04 Å². The van der Waals surface area contributed by atoms with E-state index in [0.29, 0.717) is 6.04 Å². The Kier molecular flexibility index (Phi) is 4.19. The lowest BCUT2D eigenvalue weighted by Crippen LogP contribution is -2.36. The highest BCUT2D eigenvalue weighted by molar-refractivity contribution is 5.39. The summed E-state index contributed by atoms with van der Waals surface area (Å²) in [6, 6.07) is 4.85. The normalized spacial score (nSPS) is 22.1. The Morgan fingerprint density at radius 1 is 1.56 bits per heavy atom. The van der Waals surface area contributed by atoms with Crippen LogP contribution in [0.15, 0.2) is 18.3 Å². The van der Waals surface area contributed by atoms with Crippen LogP contribution in [0, 0.1) is 0 Å². The van der Waals surface area contributed by atoms with Crippen molar-refractivity contribution in [2.75, 3.05) is 32.1 Å². The molecule has 1 aliphatic rings. The monoisotopic (exact) mass is 248 g/mol. The van der Waals surface area contributed by atoms with Crippen molar-refractivity contribution >= 4 is 5.82 Å². The molecule has 2 rings (SSSR count). The number of anilines is 1. The zero-order valence-corrected chi connectivity index (χ0v) is 11.6. The third kappa shape index (κ3) is 3.00. The van der Waals surface area contributed by atoms with Crippen LogP contribution >= 0.6 is 0 Å². The van der Waals surface area contributed by atoms with Gasteiger partial charge in [0.1, 0.15) is 5.82 Å². The van der Waals surface area contributed by atoms with E-state index in [1.165, 1.54) is 19.4 Å². The number of hydrogen-bond acceptors (Lipinski definition) is 4. The Hall–Kier alpha value is -1.13. The second-order valence-corrected chi connectivity index (χ2v) is 5.40. The van der Waals surface area contributed by atoms with Crippen molar-refractivity contribution in [2.24, 2.45) is 5.73 Å². The quantitative estimate of drug-likeness (QED) is 0.879. The molecular weight excluding hydrogens is 224 g/mol. The third-order valence-corrected chi connectivity index (χ3v) is 3.84. The van der Waals surface area contributed by atoms with Crippen molar-refractivity contribution in [1.82, 2.24) is 9.88 Å². The van der Waals surface area contributed by atoms with Crippen LogP contribution in [-0.4, -0.2) is 43.1 Å². The molecule has 0 amide bonds. The number of rotatable bonds is 4. The standard InChI is InChI=1S/C14H24N4/c1-11(15)12-6-7-14(16-9-12)18(3)10-13-5-4-8-17(13)2/h6-7,9,11,13H,4-5,8,10,15H2,1-3H3. The highest BCUT2D eigenvalue weighted by Gasteiger charge is 2.22.